The van der Waals surface area contributed by atoms with Crippen LogP contribution >= 0.6 is 0 Å². The first-order valence-corrected chi connectivity index (χ1v) is 7.81. The molecule has 0 unspecified atom stereocenters. The summed E-state index contributed by atoms with van der Waals surface area (Å²) in [6.45, 7) is 0.420. The second kappa shape index (κ2) is 9.08. The van der Waals surface area contributed by atoms with Gasteiger partial charge < -0.3 is 15.4 Å². The van der Waals surface area contributed by atoms with Gasteiger partial charge in [0.25, 0.3) is 0 Å². The molecule has 0 bridgehead atoms. The Bertz CT molecular complexity index is 779. The van der Waals surface area contributed by atoms with Crippen molar-refractivity contribution in [1.82, 2.24) is 5.32 Å². The lowest BCUT2D eigenvalue weighted by molar-refractivity contribution is -0.126. The van der Waals surface area contributed by atoms with Crippen molar-refractivity contribution in [3.05, 3.63) is 59.7 Å². The van der Waals surface area contributed by atoms with Crippen LogP contribution in [0.3, 0.4) is 0 Å². The second-order valence-corrected chi connectivity index (χ2v) is 5.33. The van der Waals surface area contributed by atoms with E-state index in [4.69, 9.17) is 10.00 Å². The topological polar surface area (TPSA) is 91.2 Å². The molecule has 0 aliphatic heterocycles. The van der Waals surface area contributed by atoms with Crippen molar-refractivity contribution in [3.63, 3.8) is 0 Å². The van der Waals surface area contributed by atoms with E-state index >= 15 is 0 Å². The van der Waals surface area contributed by atoms with Crippen molar-refractivity contribution in [3.8, 4) is 11.8 Å². The highest BCUT2D eigenvalue weighted by molar-refractivity contribution is 6.03. The number of hydrogen-bond donors (Lipinski definition) is 2. The van der Waals surface area contributed by atoms with Crippen LogP contribution in [0.15, 0.2) is 48.5 Å². The maximum absolute atomic E-state index is 11.9. The Hall–Kier alpha value is -3.33. The lowest BCUT2D eigenvalue weighted by Gasteiger charge is -2.09. The summed E-state index contributed by atoms with van der Waals surface area (Å²) in [6.07, 6.45) is 0.360. The first-order valence-electron chi connectivity index (χ1n) is 7.81. The Labute approximate surface area is 146 Å². The van der Waals surface area contributed by atoms with Gasteiger partial charge in [0.05, 0.1) is 18.7 Å². The van der Waals surface area contributed by atoms with Crippen molar-refractivity contribution in [2.75, 3.05) is 19.0 Å². The fraction of sp³-hybridized carbons (Fsp3) is 0.211. The molecule has 0 atom stereocenters. The van der Waals surface area contributed by atoms with Gasteiger partial charge in [-0.25, -0.2) is 0 Å². The van der Waals surface area contributed by atoms with Gasteiger partial charge in [-0.05, 0) is 42.3 Å². The summed E-state index contributed by atoms with van der Waals surface area (Å²) < 4.78 is 5.25. The summed E-state index contributed by atoms with van der Waals surface area (Å²) in [5, 5.41) is 14.1. The molecule has 0 radical (unpaired) electrons. The molecular weight excluding hydrogens is 318 g/mol. The number of ether oxygens (including phenoxy) is 1. The van der Waals surface area contributed by atoms with Gasteiger partial charge in [0, 0.05) is 12.2 Å². The number of amides is 2. The van der Waals surface area contributed by atoms with Crippen LogP contribution in [0, 0.1) is 11.3 Å². The van der Waals surface area contributed by atoms with Gasteiger partial charge in [0.1, 0.15) is 12.2 Å². The number of rotatable bonds is 7. The van der Waals surface area contributed by atoms with Crippen molar-refractivity contribution >= 4 is 17.5 Å². The van der Waals surface area contributed by atoms with E-state index in [9.17, 15) is 9.59 Å². The standard InChI is InChI=1S/C19H19N3O3/c1-25-17-5-3-2-4-15(17)10-11-21-18(23)12-19(24)22-16-8-6-14(13-20)7-9-16/h2-9H,10-12H2,1H3,(H,21,23)(H,22,24). The highest BCUT2D eigenvalue weighted by Crippen LogP contribution is 2.17. The van der Waals surface area contributed by atoms with Gasteiger partial charge >= 0.3 is 0 Å². The largest absolute Gasteiger partial charge is 0.496 e. The number of nitrogens with zero attached hydrogens (tertiary/aromatic N) is 1. The van der Waals surface area contributed by atoms with Crippen LogP contribution in [0.2, 0.25) is 0 Å². The van der Waals surface area contributed by atoms with E-state index in [2.05, 4.69) is 10.6 Å². The Morgan fingerprint density at radius 3 is 2.48 bits per heavy atom. The quantitative estimate of drug-likeness (QED) is 0.758. The number of benzene rings is 2. The van der Waals surface area contributed by atoms with E-state index in [1.165, 1.54) is 0 Å². The van der Waals surface area contributed by atoms with Gasteiger partial charge in [-0.2, -0.15) is 5.26 Å². The number of para-hydroxylation sites is 1. The van der Waals surface area contributed by atoms with Gasteiger partial charge in [-0.3, -0.25) is 9.59 Å². The maximum atomic E-state index is 11.9. The minimum Gasteiger partial charge on any atom is -0.496 e. The Morgan fingerprint density at radius 1 is 1.08 bits per heavy atom. The molecule has 2 aromatic rings. The summed E-state index contributed by atoms with van der Waals surface area (Å²) in [5.41, 5.74) is 2.05. The van der Waals surface area contributed by atoms with Crippen LogP contribution in [0.25, 0.3) is 0 Å². The molecule has 6 nitrogen and oxygen atoms in total. The molecule has 0 aliphatic rings. The van der Waals surface area contributed by atoms with Crippen LogP contribution in [0.4, 0.5) is 5.69 Å². The molecule has 0 spiro atoms. The lowest BCUT2D eigenvalue weighted by atomic mass is 10.1. The number of anilines is 1. The molecule has 0 aromatic heterocycles. The van der Waals surface area contributed by atoms with E-state index in [-0.39, 0.29) is 12.3 Å². The summed E-state index contributed by atoms with van der Waals surface area (Å²) in [4.78, 5) is 23.7. The Kier molecular flexibility index (Phi) is 6.55. The van der Waals surface area contributed by atoms with Gasteiger partial charge in [0.2, 0.25) is 11.8 Å². The minimum absolute atomic E-state index is 0.258. The first kappa shape index (κ1) is 18.0. The zero-order valence-corrected chi connectivity index (χ0v) is 13.9. The maximum Gasteiger partial charge on any atom is 0.233 e. The van der Waals surface area contributed by atoms with Gasteiger partial charge in [0.15, 0.2) is 0 Å². The second-order valence-electron chi connectivity index (χ2n) is 5.33. The summed E-state index contributed by atoms with van der Waals surface area (Å²) >= 11 is 0. The normalized spacial score (nSPS) is 9.76. The predicted molar refractivity (Wildman–Crippen MR) is 94.1 cm³/mol. The molecule has 0 saturated heterocycles. The van der Waals surface area contributed by atoms with Crippen LogP contribution in [0.5, 0.6) is 5.75 Å². The zero-order valence-electron chi connectivity index (χ0n) is 13.9. The van der Waals surface area contributed by atoms with E-state index in [1.807, 2.05) is 30.3 Å². The summed E-state index contributed by atoms with van der Waals surface area (Å²) in [5.74, 6) is 0.0239. The molecule has 2 rings (SSSR count). The van der Waals surface area contributed by atoms with Crippen molar-refractivity contribution < 1.29 is 14.3 Å². The van der Waals surface area contributed by atoms with Crippen molar-refractivity contribution in [1.29, 1.82) is 5.26 Å². The molecule has 6 heteroatoms. The molecule has 0 aliphatic carbocycles. The summed E-state index contributed by atoms with van der Waals surface area (Å²) in [7, 11) is 1.60. The third-order valence-electron chi connectivity index (χ3n) is 3.53. The van der Waals surface area contributed by atoms with E-state index in [1.54, 1.807) is 31.4 Å². The number of carbonyl (C=O) groups excluding carboxylic acids is 2. The zero-order chi connectivity index (χ0) is 18.1. The Morgan fingerprint density at radius 2 is 1.80 bits per heavy atom. The fourth-order valence-corrected chi connectivity index (χ4v) is 2.29. The SMILES string of the molecule is COc1ccccc1CCNC(=O)CC(=O)Nc1ccc(C#N)cc1. The van der Waals surface area contributed by atoms with Gasteiger partial charge in [-0.1, -0.05) is 18.2 Å². The van der Waals surface area contributed by atoms with Gasteiger partial charge in [-0.15, -0.1) is 0 Å². The van der Waals surface area contributed by atoms with Crippen LogP contribution in [-0.4, -0.2) is 25.5 Å². The van der Waals surface area contributed by atoms with E-state index in [0.29, 0.717) is 24.2 Å². The highest BCUT2D eigenvalue weighted by atomic mass is 16.5. The predicted octanol–water partition coefficient (Wildman–Crippen LogP) is 2.25. The molecule has 0 saturated carbocycles. The number of nitriles is 1. The van der Waals surface area contributed by atoms with Crippen molar-refractivity contribution in [2.24, 2.45) is 0 Å². The third kappa shape index (κ3) is 5.66. The lowest BCUT2D eigenvalue weighted by Crippen LogP contribution is -2.29. The molecule has 128 valence electrons. The summed E-state index contributed by atoms with van der Waals surface area (Å²) in [6, 6.07) is 16.0. The molecule has 2 amide bonds. The number of methoxy groups -OCH3 is 1. The van der Waals surface area contributed by atoms with Crippen LogP contribution in [-0.2, 0) is 16.0 Å². The first-order chi connectivity index (χ1) is 12.1. The van der Waals surface area contributed by atoms with Crippen molar-refractivity contribution in [2.45, 2.75) is 12.8 Å². The number of carbonyl (C=O) groups is 2. The molecule has 25 heavy (non-hydrogen) atoms. The number of hydrogen-bond acceptors (Lipinski definition) is 4. The molecule has 0 heterocycles. The monoisotopic (exact) mass is 337 g/mol. The van der Waals surface area contributed by atoms with Crippen LogP contribution < -0.4 is 15.4 Å². The minimum atomic E-state index is -0.403. The third-order valence-corrected chi connectivity index (χ3v) is 3.53. The fourth-order valence-electron chi connectivity index (χ4n) is 2.29. The van der Waals surface area contributed by atoms with E-state index < -0.39 is 5.91 Å². The highest BCUT2D eigenvalue weighted by Gasteiger charge is 2.10. The molecule has 2 aromatic carbocycles. The molecule has 0 fully saturated rings. The van der Waals surface area contributed by atoms with Crippen LogP contribution in [0.1, 0.15) is 17.5 Å². The average Bonchev–Trinajstić information content (AvgIpc) is 2.62. The molecular formula is C19H19N3O3. The van der Waals surface area contributed by atoms with E-state index in [0.717, 1.165) is 11.3 Å². The Balaban J connectivity index is 1.75. The average molecular weight is 337 g/mol. The molecule has 2 N–H and O–H groups in total. The smallest absolute Gasteiger partial charge is 0.233 e. The number of nitrogens with one attached hydrogen (secondary N) is 2.